The van der Waals surface area contributed by atoms with Crippen LogP contribution in [0.3, 0.4) is 0 Å². The highest BCUT2D eigenvalue weighted by Crippen LogP contribution is 2.32. The van der Waals surface area contributed by atoms with Crippen LogP contribution in [0.1, 0.15) is 22.5 Å². The Morgan fingerprint density at radius 3 is 2.65 bits per heavy atom. The Morgan fingerprint density at radius 2 is 2.00 bits per heavy atom. The van der Waals surface area contributed by atoms with E-state index in [4.69, 9.17) is 9.52 Å². The maximum atomic E-state index is 11.6. The van der Waals surface area contributed by atoms with Crippen LogP contribution < -0.4 is 0 Å². The Morgan fingerprint density at radius 1 is 1.22 bits per heavy atom. The zero-order valence-corrected chi connectivity index (χ0v) is 12.4. The molecule has 0 spiro atoms. The van der Waals surface area contributed by atoms with Gasteiger partial charge in [0, 0.05) is 5.56 Å². The quantitative estimate of drug-likeness (QED) is 0.658. The summed E-state index contributed by atoms with van der Waals surface area (Å²) >= 11 is 0.884. The molecular formula is C16H10O6S. The molecule has 1 saturated heterocycles. The van der Waals surface area contributed by atoms with Gasteiger partial charge < -0.3 is 14.6 Å². The summed E-state index contributed by atoms with van der Waals surface area (Å²) in [6.45, 7) is 0. The standard InChI is InChI=1S/C16H10O6S/c17-11-3-1-8(5-10(11)16(20)21)13-4-2-9(22-13)6-14-12(18)7-15(19)23-14/h1-6,17H,7H2,(H,20,21)/b14-6-. The first-order valence-electron chi connectivity index (χ1n) is 6.56. The summed E-state index contributed by atoms with van der Waals surface area (Å²) in [6, 6.07) is 7.33. The minimum atomic E-state index is -1.25. The van der Waals surface area contributed by atoms with Crippen molar-refractivity contribution in [3.8, 4) is 17.1 Å². The lowest BCUT2D eigenvalue weighted by Gasteiger charge is -2.02. The Hall–Kier alpha value is -2.80. The summed E-state index contributed by atoms with van der Waals surface area (Å²) in [4.78, 5) is 34.1. The van der Waals surface area contributed by atoms with E-state index < -0.39 is 5.97 Å². The fourth-order valence-electron chi connectivity index (χ4n) is 2.12. The van der Waals surface area contributed by atoms with Gasteiger partial charge in [-0.2, -0.15) is 0 Å². The molecule has 3 rings (SSSR count). The number of benzene rings is 1. The van der Waals surface area contributed by atoms with E-state index in [9.17, 15) is 19.5 Å². The van der Waals surface area contributed by atoms with E-state index in [0.717, 1.165) is 11.8 Å². The third-order valence-corrected chi connectivity index (χ3v) is 4.15. The highest BCUT2D eigenvalue weighted by Gasteiger charge is 2.26. The average molecular weight is 330 g/mol. The first kappa shape index (κ1) is 15.1. The molecule has 2 N–H and O–H groups in total. The van der Waals surface area contributed by atoms with Crippen molar-refractivity contribution in [2.45, 2.75) is 6.42 Å². The molecule has 1 aliphatic heterocycles. The topological polar surface area (TPSA) is 105 Å². The van der Waals surface area contributed by atoms with E-state index >= 15 is 0 Å². The number of Topliss-reactive ketones (excluding diaryl/α,β-unsaturated/α-hetero) is 1. The second kappa shape index (κ2) is 5.77. The van der Waals surface area contributed by atoms with Gasteiger partial charge in [0.25, 0.3) is 0 Å². The number of hydrogen-bond donors (Lipinski definition) is 2. The van der Waals surface area contributed by atoms with Gasteiger partial charge in [0.2, 0.25) is 5.12 Å². The number of carbonyl (C=O) groups excluding carboxylic acids is 2. The van der Waals surface area contributed by atoms with Gasteiger partial charge in [-0.05, 0) is 48.2 Å². The van der Waals surface area contributed by atoms with Crippen molar-refractivity contribution in [2.24, 2.45) is 0 Å². The predicted octanol–water partition coefficient (Wildman–Crippen LogP) is 2.92. The summed E-state index contributed by atoms with van der Waals surface area (Å²) in [5.41, 5.74) is 0.247. The fourth-order valence-corrected chi connectivity index (χ4v) is 2.93. The molecule has 7 heteroatoms. The largest absolute Gasteiger partial charge is 0.507 e. The number of thioether (sulfide) groups is 1. The Kier molecular flexibility index (Phi) is 3.79. The molecule has 2 heterocycles. The molecule has 0 aliphatic carbocycles. The third kappa shape index (κ3) is 3.04. The summed E-state index contributed by atoms with van der Waals surface area (Å²) in [6.07, 6.45) is 1.38. The highest BCUT2D eigenvalue weighted by molar-refractivity contribution is 8.18. The number of carboxylic acid groups (broad SMARTS) is 1. The van der Waals surface area contributed by atoms with Crippen LogP contribution in [0.5, 0.6) is 5.75 Å². The van der Waals surface area contributed by atoms with Crippen LogP contribution in [0.2, 0.25) is 0 Å². The number of furan rings is 1. The number of carbonyl (C=O) groups is 3. The van der Waals surface area contributed by atoms with Gasteiger partial charge in [-0.1, -0.05) is 0 Å². The van der Waals surface area contributed by atoms with Crippen molar-refractivity contribution in [3.05, 3.63) is 46.6 Å². The number of ketones is 1. The van der Waals surface area contributed by atoms with Crippen LogP contribution in [-0.4, -0.2) is 27.1 Å². The molecule has 0 unspecified atom stereocenters. The number of hydrogen-bond acceptors (Lipinski definition) is 6. The van der Waals surface area contributed by atoms with Crippen molar-refractivity contribution in [2.75, 3.05) is 0 Å². The van der Waals surface area contributed by atoms with E-state index in [1.807, 2.05) is 0 Å². The number of aromatic carboxylic acids is 1. The van der Waals surface area contributed by atoms with Gasteiger partial charge in [0.1, 0.15) is 22.8 Å². The lowest BCUT2D eigenvalue weighted by atomic mass is 10.1. The number of phenols is 1. The average Bonchev–Trinajstić information content (AvgIpc) is 3.06. The first-order chi connectivity index (χ1) is 10.9. The summed E-state index contributed by atoms with van der Waals surface area (Å²) in [7, 11) is 0. The molecule has 1 aromatic carbocycles. The van der Waals surface area contributed by atoms with Crippen LogP contribution in [-0.2, 0) is 9.59 Å². The zero-order valence-electron chi connectivity index (χ0n) is 11.6. The van der Waals surface area contributed by atoms with Gasteiger partial charge in [-0.25, -0.2) is 4.79 Å². The summed E-state index contributed by atoms with van der Waals surface area (Å²) < 4.78 is 5.56. The molecule has 23 heavy (non-hydrogen) atoms. The molecular weight excluding hydrogens is 320 g/mol. The number of carboxylic acids is 1. The zero-order chi connectivity index (χ0) is 16.6. The lowest BCUT2D eigenvalue weighted by Crippen LogP contribution is -1.96. The van der Waals surface area contributed by atoms with Gasteiger partial charge in [-0.15, -0.1) is 0 Å². The van der Waals surface area contributed by atoms with E-state index in [0.29, 0.717) is 22.0 Å². The smallest absolute Gasteiger partial charge is 0.339 e. The molecule has 0 radical (unpaired) electrons. The lowest BCUT2D eigenvalue weighted by molar-refractivity contribution is -0.119. The van der Waals surface area contributed by atoms with E-state index in [2.05, 4.69) is 0 Å². The molecule has 1 aliphatic rings. The molecule has 1 aromatic heterocycles. The van der Waals surface area contributed by atoms with Crippen molar-refractivity contribution < 1.29 is 29.0 Å². The third-order valence-electron chi connectivity index (χ3n) is 3.22. The van der Waals surface area contributed by atoms with E-state index in [-0.39, 0.29) is 28.6 Å². The molecule has 116 valence electrons. The Labute approximate surface area is 134 Å². The van der Waals surface area contributed by atoms with E-state index in [1.165, 1.54) is 24.3 Å². The monoisotopic (exact) mass is 330 g/mol. The minimum Gasteiger partial charge on any atom is -0.507 e. The van der Waals surface area contributed by atoms with E-state index in [1.54, 1.807) is 12.1 Å². The SMILES string of the molecule is O=C1CC(=O)/C(=C/c2ccc(-c3ccc(O)c(C(=O)O)c3)o2)S1. The molecule has 0 amide bonds. The molecule has 0 atom stereocenters. The first-order valence-corrected chi connectivity index (χ1v) is 7.38. The number of rotatable bonds is 3. The van der Waals surface area contributed by atoms with Crippen LogP contribution in [0.25, 0.3) is 17.4 Å². The minimum absolute atomic E-state index is 0.107. The maximum absolute atomic E-state index is 11.6. The molecule has 6 nitrogen and oxygen atoms in total. The molecule has 0 bridgehead atoms. The van der Waals surface area contributed by atoms with Gasteiger partial charge in [0.15, 0.2) is 5.78 Å². The molecule has 1 fully saturated rings. The maximum Gasteiger partial charge on any atom is 0.339 e. The van der Waals surface area contributed by atoms with Gasteiger partial charge >= 0.3 is 5.97 Å². The second-order valence-electron chi connectivity index (χ2n) is 4.82. The number of allylic oxidation sites excluding steroid dienone is 1. The van der Waals surface area contributed by atoms with Crippen molar-refractivity contribution in [3.63, 3.8) is 0 Å². The molecule has 0 saturated carbocycles. The normalized spacial score (nSPS) is 16.3. The van der Waals surface area contributed by atoms with Crippen LogP contribution in [0.15, 0.2) is 39.7 Å². The summed E-state index contributed by atoms with van der Waals surface area (Å²) in [5.74, 6) is -1.04. The second-order valence-corrected chi connectivity index (χ2v) is 5.92. The fraction of sp³-hybridized carbons (Fsp3) is 0.0625. The van der Waals surface area contributed by atoms with Crippen LogP contribution >= 0.6 is 11.8 Å². The van der Waals surface area contributed by atoms with Crippen molar-refractivity contribution in [1.29, 1.82) is 0 Å². The Bertz CT molecular complexity index is 861. The Balaban J connectivity index is 1.92. The van der Waals surface area contributed by atoms with Crippen molar-refractivity contribution in [1.82, 2.24) is 0 Å². The molecule has 2 aromatic rings. The van der Waals surface area contributed by atoms with Gasteiger partial charge in [0.05, 0.1) is 11.3 Å². The summed E-state index contributed by atoms with van der Waals surface area (Å²) in [5, 5.41) is 18.3. The van der Waals surface area contributed by atoms with Gasteiger partial charge in [-0.3, -0.25) is 9.59 Å². The number of aromatic hydroxyl groups is 1. The van der Waals surface area contributed by atoms with Crippen molar-refractivity contribution >= 4 is 34.7 Å². The predicted molar refractivity (Wildman–Crippen MR) is 83.0 cm³/mol. The highest BCUT2D eigenvalue weighted by atomic mass is 32.2. The van der Waals surface area contributed by atoms with Crippen LogP contribution in [0.4, 0.5) is 0 Å². The van der Waals surface area contributed by atoms with Crippen LogP contribution in [0, 0.1) is 0 Å².